The van der Waals surface area contributed by atoms with E-state index in [2.05, 4.69) is 6.92 Å². The van der Waals surface area contributed by atoms with Crippen LogP contribution in [0.15, 0.2) is 42.5 Å². The van der Waals surface area contributed by atoms with Gasteiger partial charge in [0.05, 0.1) is 23.3 Å². The third kappa shape index (κ3) is 5.86. The molecule has 0 fully saturated rings. The summed E-state index contributed by atoms with van der Waals surface area (Å²) in [6.07, 6.45) is 4.47. The molecular formula is C21H21NO5. The van der Waals surface area contributed by atoms with E-state index in [9.17, 15) is 9.59 Å². The van der Waals surface area contributed by atoms with Gasteiger partial charge in [0.25, 0.3) is 0 Å². The predicted octanol–water partition coefficient (Wildman–Crippen LogP) is 4.43. The molecule has 2 aromatic carbocycles. The highest BCUT2D eigenvalue weighted by atomic mass is 16.5. The molecule has 0 radical (unpaired) electrons. The fourth-order valence-electron chi connectivity index (χ4n) is 2.40. The zero-order valence-corrected chi connectivity index (χ0v) is 15.1. The number of carbonyl (C=O) groups is 2. The molecule has 0 atom stereocenters. The molecule has 0 spiro atoms. The average Bonchev–Trinajstić information content (AvgIpc) is 2.68. The van der Waals surface area contributed by atoms with Crippen LogP contribution in [0.4, 0.5) is 0 Å². The van der Waals surface area contributed by atoms with E-state index in [1.165, 1.54) is 31.0 Å². The van der Waals surface area contributed by atoms with Crippen molar-refractivity contribution in [1.82, 2.24) is 0 Å². The molecule has 0 saturated carbocycles. The number of benzene rings is 2. The number of nitrogens with zero attached hydrogens (tertiary/aromatic N) is 1. The standard InChI is InChI=1S/C21H21NO5/c1-2-3-4-5-12-26-18-9-6-15(7-10-18)21(25)27-19-11-8-16(20(23)24)13-17(19)14-22/h6-11,13H,2-5,12H2,1H3,(H,23,24). The molecule has 0 unspecified atom stereocenters. The molecule has 0 heterocycles. The molecule has 0 bridgehead atoms. The van der Waals surface area contributed by atoms with E-state index >= 15 is 0 Å². The highest BCUT2D eigenvalue weighted by molar-refractivity contribution is 5.92. The Morgan fingerprint density at radius 3 is 2.37 bits per heavy atom. The van der Waals surface area contributed by atoms with Crippen molar-refractivity contribution in [2.75, 3.05) is 6.61 Å². The highest BCUT2D eigenvalue weighted by Crippen LogP contribution is 2.21. The van der Waals surface area contributed by atoms with Crippen molar-refractivity contribution in [3.8, 4) is 17.6 Å². The topological polar surface area (TPSA) is 96.6 Å². The van der Waals surface area contributed by atoms with Gasteiger partial charge in [-0.1, -0.05) is 26.2 Å². The van der Waals surface area contributed by atoms with Crippen molar-refractivity contribution in [3.63, 3.8) is 0 Å². The third-order valence-electron chi connectivity index (χ3n) is 3.91. The van der Waals surface area contributed by atoms with Gasteiger partial charge in [-0.25, -0.2) is 9.59 Å². The van der Waals surface area contributed by atoms with Crippen LogP contribution in [0.5, 0.6) is 11.5 Å². The molecule has 0 amide bonds. The van der Waals surface area contributed by atoms with Gasteiger partial charge >= 0.3 is 11.9 Å². The van der Waals surface area contributed by atoms with Crippen molar-refractivity contribution < 1.29 is 24.2 Å². The number of aromatic carboxylic acids is 1. The van der Waals surface area contributed by atoms with Crippen molar-refractivity contribution in [2.45, 2.75) is 32.6 Å². The van der Waals surface area contributed by atoms with Crippen LogP contribution < -0.4 is 9.47 Å². The number of esters is 1. The van der Waals surface area contributed by atoms with Crippen LogP contribution in [0.25, 0.3) is 0 Å². The quantitative estimate of drug-likeness (QED) is 0.400. The maximum atomic E-state index is 12.3. The summed E-state index contributed by atoms with van der Waals surface area (Å²) in [5.74, 6) is -1.10. The molecule has 0 aliphatic carbocycles. The van der Waals surface area contributed by atoms with Gasteiger partial charge in [-0.05, 0) is 48.9 Å². The SMILES string of the molecule is CCCCCCOc1ccc(C(=O)Oc2ccc(C(=O)O)cc2C#N)cc1. The number of unbranched alkanes of at least 4 members (excludes halogenated alkanes) is 3. The highest BCUT2D eigenvalue weighted by Gasteiger charge is 2.14. The molecule has 6 heteroatoms. The summed E-state index contributed by atoms with van der Waals surface area (Å²) in [4.78, 5) is 23.2. The van der Waals surface area contributed by atoms with Crippen molar-refractivity contribution >= 4 is 11.9 Å². The summed E-state index contributed by atoms with van der Waals surface area (Å²) < 4.78 is 10.9. The first-order valence-electron chi connectivity index (χ1n) is 8.77. The molecule has 140 valence electrons. The van der Waals surface area contributed by atoms with Crippen LogP contribution >= 0.6 is 0 Å². The second kappa shape index (κ2) is 9.97. The number of carbonyl (C=O) groups excluding carboxylic acids is 1. The number of carboxylic acids is 1. The summed E-state index contributed by atoms with van der Waals surface area (Å²) >= 11 is 0. The largest absolute Gasteiger partial charge is 0.494 e. The van der Waals surface area contributed by atoms with Crippen LogP contribution in [-0.2, 0) is 0 Å². The minimum Gasteiger partial charge on any atom is -0.494 e. The monoisotopic (exact) mass is 367 g/mol. The number of hydrogen-bond donors (Lipinski definition) is 1. The van der Waals surface area contributed by atoms with Gasteiger partial charge in [0, 0.05) is 0 Å². The summed E-state index contributed by atoms with van der Waals surface area (Å²) in [6.45, 7) is 2.78. The first-order chi connectivity index (χ1) is 13.0. The summed E-state index contributed by atoms with van der Waals surface area (Å²) in [5.41, 5.74) is 0.238. The Labute approximate surface area is 158 Å². The Kier molecular flexibility index (Phi) is 7.38. The van der Waals surface area contributed by atoms with Gasteiger partial charge in [-0.3, -0.25) is 0 Å². The van der Waals surface area contributed by atoms with Gasteiger partial charge in [-0.15, -0.1) is 0 Å². The van der Waals surface area contributed by atoms with E-state index in [1.54, 1.807) is 24.3 Å². The normalized spacial score (nSPS) is 10.1. The summed E-state index contributed by atoms with van der Waals surface area (Å²) in [5, 5.41) is 18.1. The fraction of sp³-hybridized carbons (Fsp3) is 0.286. The van der Waals surface area contributed by atoms with Crippen LogP contribution in [0.2, 0.25) is 0 Å². The minimum absolute atomic E-state index is 0.0174. The smallest absolute Gasteiger partial charge is 0.343 e. The molecule has 2 rings (SSSR count). The summed E-state index contributed by atoms with van der Waals surface area (Å²) in [7, 11) is 0. The van der Waals surface area contributed by atoms with Crippen molar-refractivity contribution in [1.29, 1.82) is 5.26 Å². The zero-order chi connectivity index (χ0) is 19.6. The van der Waals surface area contributed by atoms with Crippen LogP contribution in [0.1, 0.15) is 58.9 Å². The van der Waals surface area contributed by atoms with Gasteiger partial charge in [0.1, 0.15) is 17.6 Å². The molecular weight excluding hydrogens is 346 g/mol. The van der Waals surface area contributed by atoms with Gasteiger partial charge in [-0.2, -0.15) is 5.26 Å². The molecule has 2 aromatic rings. The van der Waals surface area contributed by atoms with Gasteiger partial charge < -0.3 is 14.6 Å². The van der Waals surface area contributed by atoms with Crippen LogP contribution in [0, 0.1) is 11.3 Å². The lowest BCUT2D eigenvalue weighted by atomic mass is 10.1. The Morgan fingerprint density at radius 1 is 1.04 bits per heavy atom. The number of rotatable bonds is 9. The van der Waals surface area contributed by atoms with E-state index in [1.807, 2.05) is 6.07 Å². The fourth-order valence-corrected chi connectivity index (χ4v) is 2.40. The molecule has 6 nitrogen and oxygen atoms in total. The second-order valence-electron chi connectivity index (χ2n) is 5.95. The molecule has 0 aromatic heterocycles. The first kappa shape index (κ1) is 20.0. The Balaban J connectivity index is 1.98. The molecule has 0 aliphatic heterocycles. The summed E-state index contributed by atoms with van der Waals surface area (Å²) in [6, 6.07) is 12.1. The van der Waals surface area contributed by atoms with Crippen LogP contribution in [0.3, 0.4) is 0 Å². The minimum atomic E-state index is -1.16. The molecule has 0 aliphatic rings. The lowest BCUT2D eigenvalue weighted by Gasteiger charge is -2.08. The third-order valence-corrected chi connectivity index (χ3v) is 3.91. The molecule has 27 heavy (non-hydrogen) atoms. The van der Waals surface area contributed by atoms with E-state index < -0.39 is 11.9 Å². The number of nitriles is 1. The Morgan fingerprint density at radius 2 is 1.74 bits per heavy atom. The predicted molar refractivity (Wildman–Crippen MR) is 99.2 cm³/mol. The van der Waals surface area contributed by atoms with E-state index in [0.29, 0.717) is 17.9 Å². The Bertz CT molecular complexity index is 837. The number of hydrogen-bond acceptors (Lipinski definition) is 5. The zero-order valence-electron chi connectivity index (χ0n) is 15.1. The Hall–Kier alpha value is -3.33. The maximum Gasteiger partial charge on any atom is 0.343 e. The average molecular weight is 367 g/mol. The van der Waals surface area contributed by atoms with Crippen LogP contribution in [-0.4, -0.2) is 23.7 Å². The maximum absolute atomic E-state index is 12.3. The lowest BCUT2D eigenvalue weighted by molar-refractivity contribution is 0.0696. The lowest BCUT2D eigenvalue weighted by Crippen LogP contribution is -2.10. The van der Waals surface area contributed by atoms with E-state index in [-0.39, 0.29) is 16.9 Å². The van der Waals surface area contributed by atoms with Gasteiger partial charge in [0.15, 0.2) is 0 Å². The van der Waals surface area contributed by atoms with E-state index in [0.717, 1.165) is 12.8 Å². The molecule has 1 N–H and O–H groups in total. The molecule has 0 saturated heterocycles. The van der Waals surface area contributed by atoms with Gasteiger partial charge in [0.2, 0.25) is 0 Å². The number of carboxylic acid groups (broad SMARTS) is 1. The van der Waals surface area contributed by atoms with Crippen molar-refractivity contribution in [2.24, 2.45) is 0 Å². The first-order valence-corrected chi connectivity index (χ1v) is 8.77. The van der Waals surface area contributed by atoms with E-state index in [4.69, 9.17) is 19.8 Å². The second-order valence-corrected chi connectivity index (χ2v) is 5.95. The number of ether oxygens (including phenoxy) is 2. The van der Waals surface area contributed by atoms with Crippen molar-refractivity contribution in [3.05, 3.63) is 59.2 Å².